The van der Waals surface area contributed by atoms with Gasteiger partial charge in [0.2, 0.25) is 0 Å². The van der Waals surface area contributed by atoms with Crippen LogP contribution >= 0.6 is 11.3 Å². The molecule has 0 fully saturated rings. The Morgan fingerprint density at radius 3 is 2.36 bits per heavy atom. The van der Waals surface area contributed by atoms with E-state index in [2.05, 4.69) is 4.98 Å². The average Bonchev–Trinajstić information content (AvgIpc) is 3.19. The van der Waals surface area contributed by atoms with Gasteiger partial charge in [0.1, 0.15) is 12.4 Å². The first-order valence-electron chi connectivity index (χ1n) is 8.01. The molecule has 0 saturated heterocycles. The molecule has 3 rings (SSSR count). The minimum Gasteiger partial charge on any atom is -0.487 e. The monoisotopic (exact) mass is 409 g/mol. The van der Waals surface area contributed by atoms with Gasteiger partial charge in [-0.1, -0.05) is 12.1 Å². The molecule has 0 saturated carbocycles. The van der Waals surface area contributed by atoms with Gasteiger partial charge < -0.3 is 14.2 Å². The first-order valence-corrected chi connectivity index (χ1v) is 8.96. The molecule has 0 aliphatic heterocycles. The van der Waals surface area contributed by atoms with Gasteiger partial charge in [-0.25, -0.2) is 9.78 Å². The van der Waals surface area contributed by atoms with E-state index in [1.54, 1.807) is 17.6 Å². The number of nitrogens with zero attached hydrogens (tertiary/aromatic N) is 1. The number of aromatic nitrogens is 1. The van der Waals surface area contributed by atoms with Crippen LogP contribution in [0.3, 0.4) is 0 Å². The van der Waals surface area contributed by atoms with Crippen molar-refractivity contribution in [3.05, 3.63) is 70.7 Å². The van der Waals surface area contributed by atoms with Crippen LogP contribution in [0.15, 0.2) is 59.4 Å². The predicted molar refractivity (Wildman–Crippen MR) is 95.8 cm³/mol. The molecule has 28 heavy (non-hydrogen) atoms. The van der Waals surface area contributed by atoms with Crippen molar-refractivity contribution >= 4 is 17.3 Å². The fraction of sp³-hybridized carbons (Fsp3) is 0.158. The zero-order valence-corrected chi connectivity index (χ0v) is 15.1. The lowest BCUT2D eigenvalue weighted by molar-refractivity contribution is -0.153. The Kier molecular flexibility index (Phi) is 6.15. The van der Waals surface area contributed by atoms with E-state index in [9.17, 15) is 18.0 Å². The molecule has 0 radical (unpaired) electrons. The van der Waals surface area contributed by atoms with Gasteiger partial charge in [0.15, 0.2) is 18.1 Å². The van der Waals surface area contributed by atoms with Gasteiger partial charge in [-0.05, 0) is 36.4 Å². The van der Waals surface area contributed by atoms with E-state index in [4.69, 9.17) is 14.2 Å². The topological polar surface area (TPSA) is 57.7 Å². The predicted octanol–water partition coefficient (Wildman–Crippen LogP) is 4.88. The quantitative estimate of drug-likeness (QED) is 0.411. The van der Waals surface area contributed by atoms with Crippen LogP contribution in [-0.2, 0) is 6.61 Å². The lowest BCUT2D eigenvalue weighted by atomic mass is 10.2. The standard InChI is InChI=1S/C19H14F3NO4S/c20-19(21,22)11-26-16-3-1-2-4-17(16)27-18(24)13-5-7-15(8-6-13)25-9-14-10-28-12-23-14/h1-8,10,12H,9,11H2. The number of alkyl halides is 3. The van der Waals surface area contributed by atoms with Crippen LogP contribution in [0.25, 0.3) is 0 Å². The summed E-state index contributed by atoms with van der Waals surface area (Å²) >= 11 is 1.46. The zero-order valence-electron chi connectivity index (χ0n) is 14.3. The fourth-order valence-corrected chi connectivity index (χ4v) is 2.67. The molecule has 1 aromatic heterocycles. The SMILES string of the molecule is O=C(Oc1ccccc1OCC(F)(F)F)c1ccc(OCc2cscn2)cc1. The minimum absolute atomic E-state index is 0.0967. The van der Waals surface area contributed by atoms with Crippen LogP contribution < -0.4 is 14.2 Å². The summed E-state index contributed by atoms with van der Waals surface area (Å²) in [5.74, 6) is -0.454. The van der Waals surface area contributed by atoms with Crippen LogP contribution in [0, 0.1) is 0 Å². The van der Waals surface area contributed by atoms with Crippen molar-refractivity contribution in [2.75, 3.05) is 6.61 Å². The van der Waals surface area contributed by atoms with Crippen molar-refractivity contribution in [2.45, 2.75) is 12.8 Å². The Balaban J connectivity index is 1.61. The van der Waals surface area contributed by atoms with Crippen LogP contribution in [0.1, 0.15) is 16.1 Å². The minimum atomic E-state index is -4.49. The van der Waals surface area contributed by atoms with E-state index in [0.29, 0.717) is 12.4 Å². The molecule has 0 spiro atoms. The highest BCUT2D eigenvalue weighted by atomic mass is 32.1. The molecule has 9 heteroatoms. The number of hydrogen-bond acceptors (Lipinski definition) is 6. The summed E-state index contributed by atoms with van der Waals surface area (Å²) in [6.07, 6.45) is -4.49. The van der Waals surface area contributed by atoms with E-state index in [1.165, 1.54) is 47.7 Å². The molecule has 0 N–H and O–H groups in total. The van der Waals surface area contributed by atoms with Crippen LogP contribution in [0.5, 0.6) is 17.2 Å². The summed E-state index contributed by atoms with van der Waals surface area (Å²) in [5, 5.41) is 1.87. The van der Waals surface area contributed by atoms with Crippen molar-refractivity contribution in [1.82, 2.24) is 4.98 Å². The number of ether oxygens (including phenoxy) is 3. The molecule has 0 amide bonds. The van der Waals surface area contributed by atoms with Crippen molar-refractivity contribution in [2.24, 2.45) is 0 Å². The second-order valence-electron chi connectivity index (χ2n) is 5.53. The highest BCUT2D eigenvalue weighted by Gasteiger charge is 2.29. The third-order valence-electron chi connectivity index (χ3n) is 3.40. The summed E-state index contributed by atoms with van der Waals surface area (Å²) in [4.78, 5) is 16.4. The van der Waals surface area contributed by atoms with Gasteiger partial charge in [0.25, 0.3) is 0 Å². The molecule has 0 unspecified atom stereocenters. The van der Waals surface area contributed by atoms with Crippen molar-refractivity contribution in [3.63, 3.8) is 0 Å². The van der Waals surface area contributed by atoms with E-state index >= 15 is 0 Å². The lowest BCUT2D eigenvalue weighted by Gasteiger charge is -2.13. The number of benzene rings is 2. The zero-order chi connectivity index (χ0) is 20.0. The largest absolute Gasteiger partial charge is 0.487 e. The molecule has 0 atom stereocenters. The molecular weight excluding hydrogens is 395 g/mol. The van der Waals surface area contributed by atoms with Crippen LogP contribution in [0.2, 0.25) is 0 Å². The first kappa shape index (κ1) is 19.7. The number of rotatable bonds is 7. The molecular formula is C19H14F3NO4S. The summed E-state index contributed by atoms with van der Waals surface area (Å²) < 4.78 is 52.5. The van der Waals surface area contributed by atoms with Crippen molar-refractivity contribution < 1.29 is 32.2 Å². The van der Waals surface area contributed by atoms with E-state index in [-0.39, 0.29) is 17.1 Å². The summed E-state index contributed by atoms with van der Waals surface area (Å²) in [5.41, 5.74) is 2.71. The fourth-order valence-electron chi connectivity index (χ4n) is 2.13. The Morgan fingerprint density at radius 2 is 1.71 bits per heavy atom. The van der Waals surface area contributed by atoms with Gasteiger partial charge in [0.05, 0.1) is 16.8 Å². The number of thiazole rings is 1. The third kappa shape index (κ3) is 5.71. The summed E-state index contributed by atoms with van der Waals surface area (Å²) in [7, 11) is 0. The normalized spacial score (nSPS) is 11.1. The maximum Gasteiger partial charge on any atom is 0.422 e. The molecule has 0 bridgehead atoms. The maximum atomic E-state index is 12.3. The Bertz CT molecular complexity index is 912. The summed E-state index contributed by atoms with van der Waals surface area (Å²) in [6.45, 7) is -1.18. The number of hydrogen-bond donors (Lipinski definition) is 0. The van der Waals surface area contributed by atoms with Gasteiger partial charge >= 0.3 is 12.1 Å². The van der Waals surface area contributed by atoms with E-state index < -0.39 is 18.8 Å². The number of halogens is 3. The Labute approximate surface area is 162 Å². The average molecular weight is 409 g/mol. The second kappa shape index (κ2) is 8.75. The second-order valence-corrected chi connectivity index (χ2v) is 6.25. The molecule has 3 aromatic rings. The van der Waals surface area contributed by atoms with E-state index in [0.717, 1.165) is 5.69 Å². The molecule has 5 nitrogen and oxygen atoms in total. The number of carbonyl (C=O) groups is 1. The van der Waals surface area contributed by atoms with Gasteiger partial charge in [-0.2, -0.15) is 13.2 Å². The number of esters is 1. The molecule has 2 aromatic carbocycles. The smallest absolute Gasteiger partial charge is 0.422 e. The molecule has 146 valence electrons. The molecule has 1 heterocycles. The summed E-state index contributed by atoms with van der Waals surface area (Å²) in [6, 6.07) is 11.8. The van der Waals surface area contributed by atoms with Crippen LogP contribution in [-0.4, -0.2) is 23.7 Å². The Morgan fingerprint density at radius 1 is 1.00 bits per heavy atom. The van der Waals surface area contributed by atoms with Crippen molar-refractivity contribution in [3.8, 4) is 17.2 Å². The number of para-hydroxylation sites is 2. The highest BCUT2D eigenvalue weighted by molar-refractivity contribution is 7.07. The highest BCUT2D eigenvalue weighted by Crippen LogP contribution is 2.29. The van der Waals surface area contributed by atoms with Gasteiger partial charge in [-0.3, -0.25) is 0 Å². The van der Waals surface area contributed by atoms with Crippen molar-refractivity contribution in [1.29, 1.82) is 0 Å². The van der Waals surface area contributed by atoms with Gasteiger partial charge in [-0.15, -0.1) is 11.3 Å². The van der Waals surface area contributed by atoms with E-state index in [1.807, 2.05) is 5.38 Å². The first-order chi connectivity index (χ1) is 13.4. The van der Waals surface area contributed by atoms with Gasteiger partial charge in [0, 0.05) is 5.38 Å². The maximum absolute atomic E-state index is 12.3. The molecule has 0 aliphatic rings. The van der Waals surface area contributed by atoms with Crippen LogP contribution in [0.4, 0.5) is 13.2 Å². The lowest BCUT2D eigenvalue weighted by Crippen LogP contribution is -2.19. The molecule has 0 aliphatic carbocycles. The third-order valence-corrected chi connectivity index (χ3v) is 4.04. The Hall–Kier alpha value is -3.07. The number of carbonyl (C=O) groups excluding carboxylic acids is 1.